The number of amides is 1. The van der Waals surface area contributed by atoms with Crippen LogP contribution in [0.5, 0.6) is 0 Å². The van der Waals surface area contributed by atoms with Crippen molar-refractivity contribution in [2.24, 2.45) is 0 Å². The standard InChI is InChI=1S/C11H17NO3/c1-9(13)12-7-5-4-6-10(14-2)11(8-12)15-3/h10-11H,5,7-8H2,1-3H3. The summed E-state index contributed by atoms with van der Waals surface area (Å²) < 4.78 is 10.5. The molecule has 84 valence electrons. The Bertz CT molecular complexity index is 279. The van der Waals surface area contributed by atoms with Gasteiger partial charge < -0.3 is 14.4 Å². The third-order valence-electron chi connectivity index (χ3n) is 2.49. The smallest absolute Gasteiger partial charge is 0.219 e. The van der Waals surface area contributed by atoms with Gasteiger partial charge in [0, 0.05) is 34.1 Å². The van der Waals surface area contributed by atoms with Crippen molar-refractivity contribution in [3.05, 3.63) is 0 Å². The molecule has 0 N–H and O–H groups in total. The average molecular weight is 211 g/mol. The van der Waals surface area contributed by atoms with E-state index >= 15 is 0 Å². The summed E-state index contributed by atoms with van der Waals surface area (Å²) in [5.41, 5.74) is 0. The Morgan fingerprint density at radius 2 is 2.13 bits per heavy atom. The first-order chi connectivity index (χ1) is 7.19. The highest BCUT2D eigenvalue weighted by atomic mass is 16.5. The van der Waals surface area contributed by atoms with Crippen LogP contribution in [0.3, 0.4) is 0 Å². The molecule has 15 heavy (non-hydrogen) atoms. The van der Waals surface area contributed by atoms with Gasteiger partial charge in [-0.05, 0) is 0 Å². The maximum Gasteiger partial charge on any atom is 0.219 e. The normalized spacial score (nSPS) is 26.2. The number of ether oxygens (including phenoxy) is 2. The lowest BCUT2D eigenvalue weighted by Gasteiger charge is -2.29. The maximum atomic E-state index is 11.3. The summed E-state index contributed by atoms with van der Waals surface area (Å²) in [4.78, 5) is 13.0. The van der Waals surface area contributed by atoms with Crippen LogP contribution < -0.4 is 0 Å². The largest absolute Gasteiger partial charge is 0.376 e. The zero-order chi connectivity index (χ0) is 11.3. The van der Waals surface area contributed by atoms with Crippen molar-refractivity contribution in [3.63, 3.8) is 0 Å². The lowest BCUT2D eigenvalue weighted by molar-refractivity contribution is -0.131. The van der Waals surface area contributed by atoms with Crippen molar-refractivity contribution in [3.8, 4) is 11.8 Å². The summed E-state index contributed by atoms with van der Waals surface area (Å²) in [6.45, 7) is 2.77. The topological polar surface area (TPSA) is 38.8 Å². The Balaban J connectivity index is 2.76. The van der Waals surface area contributed by atoms with Crippen molar-refractivity contribution in [2.75, 3.05) is 27.3 Å². The molecule has 0 aromatic heterocycles. The molecule has 1 heterocycles. The van der Waals surface area contributed by atoms with Crippen LogP contribution in [0.4, 0.5) is 0 Å². The lowest BCUT2D eigenvalue weighted by atomic mass is 10.1. The number of rotatable bonds is 2. The molecule has 0 fully saturated rings. The Hall–Kier alpha value is -1.05. The van der Waals surface area contributed by atoms with Crippen LogP contribution in [0.1, 0.15) is 13.3 Å². The van der Waals surface area contributed by atoms with Crippen LogP contribution in [0.25, 0.3) is 0 Å². The molecule has 1 aliphatic heterocycles. The summed E-state index contributed by atoms with van der Waals surface area (Å²) in [7, 11) is 3.21. The third-order valence-corrected chi connectivity index (χ3v) is 2.49. The molecular formula is C11H17NO3. The predicted molar refractivity (Wildman–Crippen MR) is 56.2 cm³/mol. The van der Waals surface area contributed by atoms with Crippen LogP contribution in [0.15, 0.2) is 0 Å². The molecule has 0 aromatic rings. The molecule has 4 nitrogen and oxygen atoms in total. The van der Waals surface area contributed by atoms with Crippen molar-refractivity contribution >= 4 is 5.91 Å². The van der Waals surface area contributed by atoms with Gasteiger partial charge in [0.2, 0.25) is 5.91 Å². The molecule has 4 heteroatoms. The highest BCUT2D eigenvalue weighted by Gasteiger charge is 2.24. The molecule has 0 bridgehead atoms. The van der Waals surface area contributed by atoms with E-state index in [1.165, 1.54) is 0 Å². The van der Waals surface area contributed by atoms with Crippen molar-refractivity contribution in [1.82, 2.24) is 4.90 Å². The van der Waals surface area contributed by atoms with E-state index in [1.807, 2.05) is 0 Å². The number of carbonyl (C=O) groups is 1. The zero-order valence-electron chi connectivity index (χ0n) is 9.45. The highest BCUT2D eigenvalue weighted by Crippen LogP contribution is 2.08. The zero-order valence-corrected chi connectivity index (χ0v) is 9.45. The van der Waals surface area contributed by atoms with Gasteiger partial charge >= 0.3 is 0 Å². The number of hydrogen-bond acceptors (Lipinski definition) is 3. The molecule has 0 aromatic carbocycles. The van der Waals surface area contributed by atoms with E-state index in [1.54, 1.807) is 26.0 Å². The Kier molecular flexibility index (Phi) is 4.60. The van der Waals surface area contributed by atoms with E-state index in [-0.39, 0.29) is 18.1 Å². The van der Waals surface area contributed by atoms with E-state index in [0.29, 0.717) is 19.5 Å². The second kappa shape index (κ2) is 5.74. The minimum atomic E-state index is -0.253. The van der Waals surface area contributed by atoms with E-state index < -0.39 is 0 Å². The van der Waals surface area contributed by atoms with Gasteiger partial charge in [0.25, 0.3) is 0 Å². The predicted octanol–water partition coefficient (Wildman–Crippen LogP) is 0.272. The first-order valence-electron chi connectivity index (χ1n) is 4.98. The molecule has 1 amide bonds. The molecule has 1 aliphatic rings. The van der Waals surface area contributed by atoms with E-state index in [0.717, 1.165) is 0 Å². The monoisotopic (exact) mass is 211 g/mol. The quantitative estimate of drug-likeness (QED) is 0.615. The molecule has 1 rings (SSSR count). The van der Waals surface area contributed by atoms with Gasteiger partial charge in [-0.3, -0.25) is 4.79 Å². The second-order valence-corrected chi connectivity index (χ2v) is 3.47. The average Bonchev–Trinajstić information content (AvgIpc) is 2.17. The van der Waals surface area contributed by atoms with Crippen LogP contribution in [-0.2, 0) is 14.3 Å². The summed E-state index contributed by atoms with van der Waals surface area (Å²) in [6.07, 6.45) is 0.263. The Labute approximate surface area is 90.5 Å². The third kappa shape index (κ3) is 3.22. The van der Waals surface area contributed by atoms with Crippen LogP contribution in [0.2, 0.25) is 0 Å². The lowest BCUT2D eigenvalue weighted by Crippen LogP contribution is -2.44. The molecule has 2 unspecified atom stereocenters. The van der Waals surface area contributed by atoms with Gasteiger partial charge in [-0.1, -0.05) is 11.8 Å². The molecule has 0 saturated heterocycles. The van der Waals surface area contributed by atoms with Crippen LogP contribution in [0, 0.1) is 11.8 Å². The SMILES string of the molecule is COC1C#CCCN(C(C)=O)CC1OC. The first-order valence-corrected chi connectivity index (χ1v) is 4.98. The molecule has 0 saturated carbocycles. The second-order valence-electron chi connectivity index (χ2n) is 3.47. The molecular weight excluding hydrogens is 194 g/mol. The molecule has 0 spiro atoms. The van der Waals surface area contributed by atoms with Gasteiger partial charge in [0.1, 0.15) is 12.2 Å². The number of hydrogen-bond donors (Lipinski definition) is 0. The Morgan fingerprint density at radius 1 is 1.40 bits per heavy atom. The summed E-state index contributed by atoms with van der Waals surface area (Å²) in [5.74, 6) is 6.04. The molecule has 2 atom stereocenters. The highest BCUT2D eigenvalue weighted by molar-refractivity contribution is 5.73. The summed E-state index contributed by atoms with van der Waals surface area (Å²) in [6, 6.07) is 0. The number of nitrogens with zero attached hydrogens (tertiary/aromatic N) is 1. The minimum Gasteiger partial charge on any atom is -0.376 e. The first kappa shape index (κ1) is 12.0. The summed E-state index contributed by atoms with van der Waals surface area (Å²) in [5, 5.41) is 0. The number of carbonyl (C=O) groups excluding carboxylic acids is 1. The fourth-order valence-corrected chi connectivity index (χ4v) is 1.56. The minimum absolute atomic E-state index is 0.0515. The fraction of sp³-hybridized carbons (Fsp3) is 0.727. The van der Waals surface area contributed by atoms with E-state index in [9.17, 15) is 4.79 Å². The van der Waals surface area contributed by atoms with Crippen LogP contribution in [-0.4, -0.2) is 50.3 Å². The van der Waals surface area contributed by atoms with Crippen molar-refractivity contribution in [2.45, 2.75) is 25.6 Å². The number of methoxy groups -OCH3 is 2. The maximum absolute atomic E-state index is 11.3. The summed E-state index contributed by atoms with van der Waals surface area (Å²) >= 11 is 0. The van der Waals surface area contributed by atoms with Crippen molar-refractivity contribution < 1.29 is 14.3 Å². The fourth-order valence-electron chi connectivity index (χ4n) is 1.56. The Morgan fingerprint density at radius 3 is 2.67 bits per heavy atom. The van der Waals surface area contributed by atoms with Gasteiger partial charge in [0.05, 0.1) is 6.54 Å². The van der Waals surface area contributed by atoms with Gasteiger partial charge in [-0.2, -0.15) is 0 Å². The van der Waals surface area contributed by atoms with Gasteiger partial charge in [-0.15, -0.1) is 0 Å². The van der Waals surface area contributed by atoms with Crippen LogP contribution >= 0.6 is 0 Å². The van der Waals surface area contributed by atoms with Crippen molar-refractivity contribution in [1.29, 1.82) is 0 Å². The van der Waals surface area contributed by atoms with E-state index in [2.05, 4.69) is 11.8 Å². The molecule has 0 radical (unpaired) electrons. The van der Waals surface area contributed by atoms with Gasteiger partial charge in [-0.25, -0.2) is 0 Å². The van der Waals surface area contributed by atoms with E-state index in [4.69, 9.17) is 9.47 Å². The molecule has 0 aliphatic carbocycles. The van der Waals surface area contributed by atoms with Gasteiger partial charge in [0.15, 0.2) is 0 Å².